The third kappa shape index (κ3) is 1.85. The maximum atomic E-state index is 10.2. The normalized spacial score (nSPS) is 12.9. The van der Waals surface area contributed by atoms with Gasteiger partial charge in [0, 0.05) is 0 Å². The van der Waals surface area contributed by atoms with Gasteiger partial charge in [-0.1, -0.05) is 0 Å². The van der Waals surface area contributed by atoms with E-state index in [2.05, 4.69) is 13.8 Å². The summed E-state index contributed by atoms with van der Waals surface area (Å²) in [5.41, 5.74) is 0. The van der Waals surface area contributed by atoms with Crippen molar-refractivity contribution in [3.05, 3.63) is 30.3 Å². The summed E-state index contributed by atoms with van der Waals surface area (Å²) in [6, 6.07) is 10.1. The van der Waals surface area contributed by atoms with Crippen LogP contribution in [-0.2, 0) is 0 Å². The van der Waals surface area contributed by atoms with Crippen molar-refractivity contribution in [3.63, 3.8) is 0 Å². The molecule has 1 nitrogen and oxygen atoms in total. The van der Waals surface area contributed by atoms with Gasteiger partial charge < -0.3 is 0 Å². The van der Waals surface area contributed by atoms with Crippen LogP contribution < -0.4 is 5.30 Å². The molecule has 0 aliphatic carbocycles. The topological polar surface area (TPSA) is 20.2 Å². The van der Waals surface area contributed by atoms with Gasteiger partial charge in [0.2, 0.25) is 0 Å². The van der Waals surface area contributed by atoms with Crippen LogP contribution in [0, 0.1) is 0 Å². The van der Waals surface area contributed by atoms with Crippen molar-refractivity contribution < 1.29 is 4.89 Å². The molecule has 0 bridgehead atoms. The van der Waals surface area contributed by atoms with Gasteiger partial charge in [0.25, 0.3) is 0 Å². The molecule has 12 heavy (non-hydrogen) atoms. The molecule has 0 aliphatic heterocycles. The molecule has 0 atom stereocenters. The second-order valence-electron chi connectivity index (χ2n) is 3.10. The van der Waals surface area contributed by atoms with Crippen molar-refractivity contribution in [1.82, 2.24) is 0 Å². The van der Waals surface area contributed by atoms with Gasteiger partial charge in [0.1, 0.15) is 0 Å². The van der Waals surface area contributed by atoms with E-state index in [9.17, 15) is 4.89 Å². The Morgan fingerprint density at radius 1 is 1.08 bits per heavy atom. The summed E-state index contributed by atoms with van der Waals surface area (Å²) in [6.07, 6.45) is 1.82. The Labute approximate surface area is 74.9 Å². The molecular formula is C10H17OP. The summed E-state index contributed by atoms with van der Waals surface area (Å²) < 4.78 is 0. The van der Waals surface area contributed by atoms with Crippen LogP contribution in [0.15, 0.2) is 30.3 Å². The van der Waals surface area contributed by atoms with Crippen molar-refractivity contribution in [1.29, 1.82) is 0 Å². The summed E-state index contributed by atoms with van der Waals surface area (Å²) >= 11 is 0. The fraction of sp³-hybridized carbons (Fsp3) is 0.400. The van der Waals surface area contributed by atoms with Gasteiger partial charge in [-0.3, -0.25) is 0 Å². The first kappa shape index (κ1) is 9.70. The SMILES string of the molecule is CC[PH](O)(CC)c1ccccc1. The van der Waals surface area contributed by atoms with Gasteiger partial charge in [-0.25, -0.2) is 0 Å². The van der Waals surface area contributed by atoms with Gasteiger partial charge in [0.05, 0.1) is 0 Å². The fourth-order valence-electron chi connectivity index (χ4n) is 1.41. The van der Waals surface area contributed by atoms with E-state index in [1.165, 1.54) is 0 Å². The van der Waals surface area contributed by atoms with Crippen LogP contribution in [0.25, 0.3) is 0 Å². The van der Waals surface area contributed by atoms with E-state index < -0.39 is 7.49 Å². The van der Waals surface area contributed by atoms with E-state index in [-0.39, 0.29) is 0 Å². The van der Waals surface area contributed by atoms with Crippen molar-refractivity contribution >= 4 is 12.8 Å². The van der Waals surface area contributed by atoms with Crippen molar-refractivity contribution in [2.24, 2.45) is 0 Å². The molecule has 1 rings (SSSR count). The Morgan fingerprint density at radius 2 is 1.58 bits per heavy atom. The molecule has 1 aromatic rings. The summed E-state index contributed by atoms with van der Waals surface area (Å²) in [7, 11) is -2.07. The number of rotatable bonds is 3. The average Bonchev–Trinajstić information content (AvgIpc) is 2.18. The van der Waals surface area contributed by atoms with Crippen molar-refractivity contribution in [2.75, 3.05) is 12.3 Å². The first-order valence-electron chi connectivity index (χ1n) is 4.51. The Kier molecular flexibility index (Phi) is 3.25. The van der Waals surface area contributed by atoms with E-state index in [1.54, 1.807) is 0 Å². The molecule has 0 unspecified atom stereocenters. The predicted octanol–water partition coefficient (Wildman–Crippen LogP) is 2.01. The van der Waals surface area contributed by atoms with Crippen LogP contribution in [-0.4, -0.2) is 17.2 Å². The number of hydrogen-bond acceptors (Lipinski definition) is 1. The van der Waals surface area contributed by atoms with E-state index in [0.717, 1.165) is 17.6 Å². The molecular weight excluding hydrogens is 167 g/mol. The van der Waals surface area contributed by atoms with E-state index in [1.807, 2.05) is 30.3 Å². The summed E-state index contributed by atoms with van der Waals surface area (Å²) in [5, 5.41) is 1.16. The second-order valence-corrected chi connectivity index (χ2v) is 7.16. The summed E-state index contributed by atoms with van der Waals surface area (Å²) in [5.74, 6) is 0. The quantitative estimate of drug-likeness (QED) is 0.712. The monoisotopic (exact) mass is 184 g/mol. The molecule has 0 fully saturated rings. The van der Waals surface area contributed by atoms with E-state index in [4.69, 9.17) is 0 Å². The van der Waals surface area contributed by atoms with Crippen LogP contribution >= 0.6 is 7.49 Å². The van der Waals surface area contributed by atoms with Crippen molar-refractivity contribution in [3.8, 4) is 0 Å². The molecule has 0 saturated carbocycles. The van der Waals surface area contributed by atoms with Gasteiger partial charge in [-0.15, -0.1) is 0 Å². The third-order valence-corrected chi connectivity index (χ3v) is 6.23. The molecule has 0 aromatic heterocycles. The molecule has 2 heteroatoms. The second kappa shape index (κ2) is 4.02. The zero-order valence-corrected chi connectivity index (χ0v) is 8.75. The van der Waals surface area contributed by atoms with Crippen LogP contribution in [0.4, 0.5) is 0 Å². The van der Waals surface area contributed by atoms with E-state index >= 15 is 0 Å². The molecule has 0 saturated heterocycles. The van der Waals surface area contributed by atoms with Crippen LogP contribution in [0.2, 0.25) is 0 Å². The Hall–Kier alpha value is -0.390. The molecule has 0 heterocycles. The number of benzene rings is 1. The molecule has 1 aromatic carbocycles. The predicted molar refractivity (Wildman–Crippen MR) is 57.7 cm³/mol. The minimum absolute atomic E-state index is 0.910. The molecule has 0 radical (unpaired) electrons. The van der Waals surface area contributed by atoms with Gasteiger partial charge in [-0.2, -0.15) is 0 Å². The van der Waals surface area contributed by atoms with Crippen molar-refractivity contribution in [2.45, 2.75) is 13.8 Å². The van der Waals surface area contributed by atoms with Crippen LogP contribution in [0.5, 0.6) is 0 Å². The van der Waals surface area contributed by atoms with Gasteiger partial charge >= 0.3 is 74.2 Å². The first-order valence-corrected chi connectivity index (χ1v) is 6.87. The Bertz CT molecular complexity index is 229. The molecule has 1 N–H and O–H groups in total. The first-order chi connectivity index (χ1) is 5.73. The van der Waals surface area contributed by atoms with Gasteiger partial charge in [-0.05, 0) is 0 Å². The zero-order chi connectivity index (χ0) is 9.03. The van der Waals surface area contributed by atoms with Crippen LogP contribution in [0.1, 0.15) is 13.8 Å². The Balaban J connectivity index is 2.95. The molecule has 68 valence electrons. The zero-order valence-electron chi connectivity index (χ0n) is 7.75. The van der Waals surface area contributed by atoms with Gasteiger partial charge in [0.15, 0.2) is 0 Å². The molecule has 0 amide bonds. The summed E-state index contributed by atoms with van der Waals surface area (Å²) in [4.78, 5) is 10.2. The van der Waals surface area contributed by atoms with Crippen LogP contribution in [0.3, 0.4) is 0 Å². The standard InChI is InChI=1S/C10H17OP/c1-3-12(11,4-2)10-8-6-5-7-9-10/h5-9,11-12H,3-4H2,1-2H3. The van der Waals surface area contributed by atoms with E-state index in [0.29, 0.717) is 0 Å². The Morgan fingerprint density at radius 3 is 2.00 bits per heavy atom. The average molecular weight is 184 g/mol. The molecule has 0 aliphatic rings. The summed E-state index contributed by atoms with van der Waals surface area (Å²) in [6.45, 7) is 4.14. The molecule has 0 spiro atoms. The third-order valence-electron chi connectivity index (χ3n) is 2.48. The fourth-order valence-corrected chi connectivity index (χ4v) is 3.54. The minimum atomic E-state index is -2.07. The maximum absolute atomic E-state index is 10.2. The number of hydrogen-bond donors (Lipinski definition) is 1.